The molecule has 37 heavy (non-hydrogen) atoms. The molecule has 2 bridgehead atoms. The van der Waals surface area contributed by atoms with E-state index in [-0.39, 0.29) is 34.6 Å². The number of nitrogens with zero attached hydrogens (tertiary/aromatic N) is 5. The van der Waals surface area contributed by atoms with Gasteiger partial charge in [0, 0.05) is 36.4 Å². The van der Waals surface area contributed by atoms with Gasteiger partial charge in [0.25, 0.3) is 0 Å². The Morgan fingerprint density at radius 3 is 2.49 bits per heavy atom. The second-order valence-corrected chi connectivity index (χ2v) is 12.3. The van der Waals surface area contributed by atoms with Gasteiger partial charge in [-0.15, -0.1) is 0 Å². The van der Waals surface area contributed by atoms with Crippen molar-refractivity contribution in [2.75, 3.05) is 31.7 Å². The molecule has 6 rings (SSSR count). The molecule has 4 aliphatic rings. The molecule has 2 saturated heterocycles. The molecule has 5 heterocycles. The smallest absolute Gasteiger partial charge is 0.248 e. The van der Waals surface area contributed by atoms with Crippen molar-refractivity contribution in [1.82, 2.24) is 24.8 Å². The van der Waals surface area contributed by atoms with E-state index in [9.17, 15) is 18.3 Å². The Bertz CT molecular complexity index is 1480. The number of aromatic nitrogens is 3. The highest BCUT2D eigenvalue weighted by Gasteiger charge is 2.45. The zero-order chi connectivity index (χ0) is 25.9. The Balaban J connectivity index is 1.42. The Hall–Kier alpha value is -3.25. The standard InChI is InChI=1S/C25H31N7O4S/c1-37(35,36)22-21(16-10-17-6-7-18(11-16)31(17)20(34)13-33)30-25-19(12-29-32(25)23(22)26)14-2-4-15(5-3-14)24-27-8-9-28-24/h2,4,12,16-18,33H,3,5-11,13,26H2,1H3,(H,27,28). The van der Waals surface area contributed by atoms with Gasteiger partial charge in [-0.05, 0) is 49.7 Å². The molecule has 2 unspecified atom stereocenters. The number of nitrogen functional groups attached to an aromatic ring is 1. The SMILES string of the molecule is CS(=O)(=O)c1c(C2CC3CCC(C2)N3C(=O)CO)nc2c(C3=CC=C(C4=NCCN4)CC3)cnn2c1N. The molecule has 2 aromatic heterocycles. The molecular weight excluding hydrogens is 494 g/mol. The predicted octanol–water partition coefficient (Wildman–Crippen LogP) is 1.05. The number of nitrogens with two attached hydrogens (primary N) is 1. The van der Waals surface area contributed by atoms with Crippen LogP contribution in [0.5, 0.6) is 0 Å². The quantitative estimate of drug-likeness (QED) is 0.523. The van der Waals surface area contributed by atoms with E-state index in [4.69, 9.17) is 10.7 Å². The van der Waals surface area contributed by atoms with Crippen LogP contribution in [0, 0.1) is 0 Å². The molecule has 4 N–H and O–H groups in total. The maximum absolute atomic E-state index is 12.9. The van der Waals surface area contributed by atoms with Crippen molar-refractivity contribution < 1.29 is 18.3 Å². The van der Waals surface area contributed by atoms with Crippen molar-refractivity contribution in [1.29, 1.82) is 0 Å². The molecule has 0 spiro atoms. The van der Waals surface area contributed by atoms with E-state index >= 15 is 0 Å². The number of anilines is 1. The second-order valence-electron chi connectivity index (χ2n) is 10.3. The van der Waals surface area contributed by atoms with E-state index in [2.05, 4.69) is 27.6 Å². The number of aliphatic hydroxyl groups is 1. The van der Waals surface area contributed by atoms with E-state index in [1.165, 1.54) is 10.1 Å². The molecule has 2 fully saturated rings. The lowest BCUT2D eigenvalue weighted by molar-refractivity contribution is -0.138. The van der Waals surface area contributed by atoms with E-state index in [0.717, 1.165) is 62.0 Å². The molecule has 3 aliphatic heterocycles. The summed E-state index contributed by atoms with van der Waals surface area (Å²) in [6, 6.07) is -0.0904. The molecule has 11 nitrogen and oxygen atoms in total. The number of carbonyl (C=O) groups excluding carboxylic acids is 1. The van der Waals surface area contributed by atoms with Crippen LogP contribution >= 0.6 is 0 Å². The number of aliphatic imine (C=N–C) groups is 1. The van der Waals surface area contributed by atoms with Crippen LogP contribution in [0.15, 0.2) is 33.8 Å². The van der Waals surface area contributed by atoms with Crippen LogP contribution in [-0.2, 0) is 14.6 Å². The molecular formula is C25H31N7O4S. The number of piperidine rings is 1. The second kappa shape index (κ2) is 8.95. The van der Waals surface area contributed by atoms with Crippen LogP contribution in [-0.4, -0.2) is 82.8 Å². The molecule has 0 saturated carbocycles. The first-order chi connectivity index (χ1) is 17.8. The van der Waals surface area contributed by atoms with E-state index in [0.29, 0.717) is 24.2 Å². The Morgan fingerprint density at radius 1 is 1.19 bits per heavy atom. The monoisotopic (exact) mass is 525 g/mol. The van der Waals surface area contributed by atoms with Crippen molar-refractivity contribution in [3.05, 3.63) is 35.2 Å². The number of rotatable bonds is 5. The summed E-state index contributed by atoms with van der Waals surface area (Å²) < 4.78 is 27.3. The van der Waals surface area contributed by atoms with Gasteiger partial charge in [-0.3, -0.25) is 9.79 Å². The zero-order valence-electron chi connectivity index (χ0n) is 20.7. The molecule has 0 aromatic carbocycles. The summed E-state index contributed by atoms with van der Waals surface area (Å²) >= 11 is 0. The van der Waals surface area contributed by atoms with Crippen molar-refractivity contribution in [2.45, 2.75) is 61.4 Å². The number of allylic oxidation sites excluding steroid dienone is 3. The van der Waals surface area contributed by atoms with Gasteiger partial charge >= 0.3 is 0 Å². The third-order valence-corrected chi connectivity index (χ3v) is 9.21. The number of carbonyl (C=O) groups is 1. The Labute approximate surface area is 215 Å². The van der Waals surface area contributed by atoms with Gasteiger partial charge in [0.05, 0.1) is 18.4 Å². The van der Waals surface area contributed by atoms with Gasteiger partial charge in [0.1, 0.15) is 23.2 Å². The van der Waals surface area contributed by atoms with Gasteiger partial charge in [0.2, 0.25) is 5.91 Å². The number of aliphatic hydroxyl groups excluding tert-OH is 1. The van der Waals surface area contributed by atoms with E-state index in [1.54, 1.807) is 11.1 Å². The van der Waals surface area contributed by atoms with Crippen LogP contribution in [0.2, 0.25) is 0 Å². The van der Waals surface area contributed by atoms with Gasteiger partial charge < -0.3 is 21.1 Å². The Morgan fingerprint density at radius 2 is 1.89 bits per heavy atom. The van der Waals surface area contributed by atoms with Gasteiger partial charge in [-0.2, -0.15) is 9.61 Å². The average Bonchev–Trinajstić information content (AvgIpc) is 3.61. The maximum atomic E-state index is 12.9. The van der Waals surface area contributed by atoms with Crippen LogP contribution in [0.4, 0.5) is 5.82 Å². The Kier molecular flexibility index (Phi) is 5.83. The summed E-state index contributed by atoms with van der Waals surface area (Å²) in [7, 11) is -3.70. The van der Waals surface area contributed by atoms with Crippen molar-refractivity contribution in [3.63, 3.8) is 0 Å². The topological polar surface area (TPSA) is 155 Å². The number of nitrogens with one attached hydrogen (secondary N) is 1. The first kappa shape index (κ1) is 24.1. The molecule has 2 atom stereocenters. The number of hydrogen-bond acceptors (Lipinski definition) is 9. The van der Waals surface area contributed by atoms with Crippen molar-refractivity contribution in [3.8, 4) is 0 Å². The zero-order valence-corrected chi connectivity index (χ0v) is 21.5. The van der Waals surface area contributed by atoms with Crippen LogP contribution in [0.3, 0.4) is 0 Å². The molecule has 12 heteroatoms. The molecule has 2 aromatic rings. The normalized spacial score (nSPS) is 25.6. The van der Waals surface area contributed by atoms with Crippen LogP contribution < -0.4 is 11.1 Å². The summed E-state index contributed by atoms with van der Waals surface area (Å²) in [5.41, 5.74) is 10.5. The number of hydrogen-bond donors (Lipinski definition) is 3. The number of amidine groups is 1. The average molecular weight is 526 g/mol. The van der Waals surface area contributed by atoms with Gasteiger partial charge in [0.15, 0.2) is 15.5 Å². The lowest BCUT2D eigenvalue weighted by Crippen LogP contribution is -2.47. The highest BCUT2D eigenvalue weighted by molar-refractivity contribution is 7.91. The van der Waals surface area contributed by atoms with E-state index in [1.807, 2.05) is 0 Å². The third kappa shape index (κ3) is 4.02. The van der Waals surface area contributed by atoms with Crippen molar-refractivity contribution >= 4 is 38.6 Å². The van der Waals surface area contributed by atoms with E-state index < -0.39 is 16.4 Å². The first-order valence-corrected chi connectivity index (χ1v) is 14.6. The predicted molar refractivity (Wildman–Crippen MR) is 139 cm³/mol. The summed E-state index contributed by atoms with van der Waals surface area (Å²) in [4.78, 5) is 23.6. The molecule has 1 amide bonds. The number of amides is 1. The van der Waals surface area contributed by atoms with Crippen molar-refractivity contribution in [2.24, 2.45) is 4.99 Å². The lowest BCUT2D eigenvalue weighted by Gasteiger charge is -2.39. The van der Waals surface area contributed by atoms with Gasteiger partial charge in [-0.25, -0.2) is 13.4 Å². The summed E-state index contributed by atoms with van der Waals surface area (Å²) in [6.45, 7) is 1.14. The minimum atomic E-state index is -3.70. The van der Waals surface area contributed by atoms with Crippen LogP contribution in [0.25, 0.3) is 11.2 Å². The minimum Gasteiger partial charge on any atom is -0.387 e. The maximum Gasteiger partial charge on any atom is 0.248 e. The molecule has 1 aliphatic carbocycles. The fourth-order valence-electron chi connectivity index (χ4n) is 6.46. The summed E-state index contributed by atoms with van der Waals surface area (Å²) in [6.07, 6.45) is 11.4. The fraction of sp³-hybridized carbons (Fsp3) is 0.520. The highest BCUT2D eigenvalue weighted by atomic mass is 32.2. The first-order valence-electron chi connectivity index (χ1n) is 12.7. The number of sulfone groups is 1. The largest absolute Gasteiger partial charge is 0.387 e. The van der Waals surface area contributed by atoms with Crippen LogP contribution in [0.1, 0.15) is 55.7 Å². The highest BCUT2D eigenvalue weighted by Crippen LogP contribution is 2.45. The third-order valence-electron chi connectivity index (χ3n) is 8.05. The minimum absolute atomic E-state index is 0.0195. The lowest BCUT2D eigenvalue weighted by atomic mass is 9.87. The number of fused-ring (bicyclic) bond motifs is 3. The fourth-order valence-corrected chi connectivity index (χ4v) is 7.52. The van der Waals surface area contributed by atoms with Gasteiger partial charge in [-0.1, -0.05) is 12.2 Å². The molecule has 0 radical (unpaired) electrons. The molecule has 196 valence electrons. The summed E-state index contributed by atoms with van der Waals surface area (Å²) in [5, 5.41) is 17.2. The summed E-state index contributed by atoms with van der Waals surface area (Å²) in [5.74, 6) is 0.578.